The summed E-state index contributed by atoms with van der Waals surface area (Å²) in [5, 5.41) is 2.81. The van der Waals surface area contributed by atoms with Gasteiger partial charge in [0.25, 0.3) is 5.56 Å². The molecule has 0 radical (unpaired) electrons. The number of nitrogens with one attached hydrogen (secondary N) is 1. The molecule has 2 aromatic heterocycles. The predicted octanol–water partition coefficient (Wildman–Crippen LogP) is 1.18. The Bertz CT molecular complexity index is 1240. The molecule has 3 rings (SSSR count). The van der Waals surface area contributed by atoms with E-state index in [4.69, 9.17) is 4.74 Å². The van der Waals surface area contributed by atoms with Crippen molar-refractivity contribution in [3.8, 4) is 5.75 Å². The third-order valence-electron chi connectivity index (χ3n) is 5.13. The maximum atomic E-state index is 13.9. The van der Waals surface area contributed by atoms with Gasteiger partial charge in [0.1, 0.15) is 13.2 Å². The lowest BCUT2D eigenvalue weighted by molar-refractivity contribution is -0.123. The Morgan fingerprint density at radius 1 is 1.23 bits per heavy atom. The number of carbonyl (C=O) groups excluding carboxylic acids is 1. The maximum absolute atomic E-state index is 13.9. The van der Waals surface area contributed by atoms with Crippen molar-refractivity contribution in [2.75, 3.05) is 6.61 Å². The number of ether oxygens (including phenoxy) is 1. The van der Waals surface area contributed by atoms with Crippen molar-refractivity contribution in [2.24, 2.45) is 19.5 Å². The summed E-state index contributed by atoms with van der Waals surface area (Å²) < 4.78 is 23.0. The Labute approximate surface area is 178 Å². The zero-order valence-electron chi connectivity index (χ0n) is 18.2. The molecular weight excluding hydrogens is 405 g/mol. The van der Waals surface area contributed by atoms with Crippen LogP contribution in [0.3, 0.4) is 0 Å². The number of nitrogens with zero attached hydrogens (tertiary/aromatic N) is 4. The highest BCUT2D eigenvalue weighted by atomic mass is 19.1. The van der Waals surface area contributed by atoms with Gasteiger partial charge in [0.05, 0.1) is 12.4 Å². The molecule has 0 aliphatic heterocycles. The quantitative estimate of drug-likeness (QED) is 0.632. The molecule has 1 atom stereocenters. The van der Waals surface area contributed by atoms with Crippen LogP contribution in [0, 0.1) is 11.2 Å². The minimum Gasteiger partial charge on any atom is -0.488 e. The van der Waals surface area contributed by atoms with Crippen LogP contribution in [-0.2, 0) is 25.4 Å². The average molecular weight is 431 g/mol. The van der Waals surface area contributed by atoms with E-state index in [0.717, 1.165) is 4.57 Å². The molecule has 1 N–H and O–H groups in total. The molecule has 0 aliphatic rings. The molecule has 166 valence electrons. The summed E-state index contributed by atoms with van der Waals surface area (Å²) in [6.45, 7) is 5.25. The van der Waals surface area contributed by atoms with Crippen molar-refractivity contribution in [3.63, 3.8) is 0 Å². The first-order valence-electron chi connectivity index (χ1n) is 9.78. The van der Waals surface area contributed by atoms with Crippen LogP contribution >= 0.6 is 0 Å². The van der Waals surface area contributed by atoms with Gasteiger partial charge in [-0.2, -0.15) is 0 Å². The molecule has 9 nitrogen and oxygen atoms in total. The summed E-state index contributed by atoms with van der Waals surface area (Å²) in [6.07, 6.45) is 1.44. The minimum absolute atomic E-state index is 0.0177. The number of rotatable bonds is 6. The summed E-state index contributed by atoms with van der Waals surface area (Å²) in [6, 6.07) is 5.50. The van der Waals surface area contributed by atoms with E-state index >= 15 is 0 Å². The van der Waals surface area contributed by atoms with Crippen molar-refractivity contribution < 1.29 is 13.9 Å². The van der Waals surface area contributed by atoms with E-state index in [1.165, 1.54) is 34.6 Å². The van der Waals surface area contributed by atoms with Gasteiger partial charge < -0.3 is 14.6 Å². The first kappa shape index (κ1) is 22.3. The van der Waals surface area contributed by atoms with E-state index in [0.29, 0.717) is 0 Å². The largest absolute Gasteiger partial charge is 0.488 e. The van der Waals surface area contributed by atoms with Gasteiger partial charge in [-0.25, -0.2) is 18.7 Å². The van der Waals surface area contributed by atoms with Crippen molar-refractivity contribution in [3.05, 3.63) is 57.2 Å². The normalized spacial score (nSPS) is 12.7. The van der Waals surface area contributed by atoms with E-state index in [1.807, 2.05) is 20.8 Å². The second-order valence-electron chi connectivity index (χ2n) is 8.49. The SMILES string of the molecule is Cn1cnc2c1c(=O)n(CC(=O)NC(COc1ccccc1F)C(C)(C)C)c(=O)n2C. The highest BCUT2D eigenvalue weighted by Crippen LogP contribution is 2.22. The van der Waals surface area contributed by atoms with Crippen LogP contribution in [0.2, 0.25) is 0 Å². The molecule has 0 bridgehead atoms. The highest BCUT2D eigenvalue weighted by molar-refractivity contribution is 5.77. The van der Waals surface area contributed by atoms with Crippen LogP contribution in [0.4, 0.5) is 4.39 Å². The maximum Gasteiger partial charge on any atom is 0.332 e. The number of hydrogen-bond acceptors (Lipinski definition) is 5. The molecule has 0 aliphatic carbocycles. The fraction of sp³-hybridized carbons (Fsp3) is 0.429. The second kappa shape index (κ2) is 8.37. The summed E-state index contributed by atoms with van der Waals surface area (Å²) in [7, 11) is 3.13. The monoisotopic (exact) mass is 431 g/mol. The van der Waals surface area contributed by atoms with Gasteiger partial charge in [0.15, 0.2) is 22.7 Å². The molecular formula is C21H26FN5O4. The Kier molecular flexibility index (Phi) is 6.01. The Morgan fingerprint density at radius 2 is 1.90 bits per heavy atom. The van der Waals surface area contributed by atoms with Crippen LogP contribution in [0.25, 0.3) is 11.2 Å². The third-order valence-corrected chi connectivity index (χ3v) is 5.13. The number of fused-ring (bicyclic) bond motifs is 1. The number of para-hydroxylation sites is 1. The van der Waals surface area contributed by atoms with Crippen LogP contribution in [-0.4, -0.2) is 37.2 Å². The molecule has 0 saturated carbocycles. The fourth-order valence-corrected chi connectivity index (χ4v) is 3.16. The van der Waals surface area contributed by atoms with E-state index in [-0.39, 0.29) is 23.5 Å². The fourth-order valence-electron chi connectivity index (χ4n) is 3.16. The molecule has 1 amide bonds. The van der Waals surface area contributed by atoms with Gasteiger partial charge in [-0.3, -0.25) is 14.2 Å². The van der Waals surface area contributed by atoms with Crippen LogP contribution in [0.5, 0.6) is 5.75 Å². The summed E-state index contributed by atoms with van der Waals surface area (Å²) in [5.74, 6) is -0.948. The lowest BCUT2D eigenvalue weighted by atomic mass is 9.87. The van der Waals surface area contributed by atoms with Crippen LogP contribution in [0.1, 0.15) is 20.8 Å². The number of amides is 1. The lowest BCUT2D eigenvalue weighted by Crippen LogP contribution is -2.50. The molecule has 31 heavy (non-hydrogen) atoms. The Balaban J connectivity index is 1.82. The van der Waals surface area contributed by atoms with E-state index in [1.54, 1.807) is 19.2 Å². The smallest absolute Gasteiger partial charge is 0.332 e. The highest BCUT2D eigenvalue weighted by Gasteiger charge is 2.28. The Hall–Kier alpha value is -3.43. The third kappa shape index (κ3) is 4.52. The molecule has 0 fully saturated rings. The number of carbonyl (C=O) groups is 1. The van der Waals surface area contributed by atoms with Crippen molar-refractivity contribution in [2.45, 2.75) is 33.4 Å². The van der Waals surface area contributed by atoms with Gasteiger partial charge in [0, 0.05) is 14.1 Å². The van der Waals surface area contributed by atoms with Crippen molar-refractivity contribution >= 4 is 17.1 Å². The summed E-state index contributed by atoms with van der Waals surface area (Å²) in [5.41, 5.74) is -1.18. The standard InChI is InChI=1S/C21H26FN5O4/c1-21(2,3)15(11-31-14-9-7-6-8-13(14)22)24-16(28)10-27-19(29)17-18(23-12-25(17)4)26(5)20(27)30/h6-9,12,15H,10-11H2,1-5H3,(H,24,28). The van der Waals surface area contributed by atoms with E-state index in [2.05, 4.69) is 10.3 Å². The zero-order chi connectivity index (χ0) is 22.9. The number of halogens is 1. The molecule has 3 aromatic rings. The zero-order valence-corrected chi connectivity index (χ0v) is 18.2. The number of hydrogen-bond donors (Lipinski definition) is 1. The van der Waals surface area contributed by atoms with E-state index in [9.17, 15) is 18.8 Å². The van der Waals surface area contributed by atoms with Gasteiger partial charge in [0.2, 0.25) is 5.91 Å². The number of aryl methyl sites for hydroxylation is 2. The molecule has 1 aromatic carbocycles. The van der Waals surface area contributed by atoms with Gasteiger partial charge >= 0.3 is 5.69 Å². The Morgan fingerprint density at radius 3 is 2.55 bits per heavy atom. The molecule has 0 saturated heterocycles. The number of benzene rings is 1. The van der Waals surface area contributed by atoms with E-state index < -0.39 is 41.0 Å². The first-order chi connectivity index (χ1) is 14.5. The van der Waals surface area contributed by atoms with Crippen molar-refractivity contribution in [1.29, 1.82) is 0 Å². The summed E-state index contributed by atoms with van der Waals surface area (Å²) >= 11 is 0. The number of imidazole rings is 1. The van der Waals surface area contributed by atoms with Gasteiger partial charge in [-0.1, -0.05) is 32.9 Å². The van der Waals surface area contributed by atoms with Crippen molar-refractivity contribution in [1.82, 2.24) is 24.0 Å². The van der Waals surface area contributed by atoms with Gasteiger partial charge in [-0.15, -0.1) is 0 Å². The lowest BCUT2D eigenvalue weighted by Gasteiger charge is -2.31. The van der Waals surface area contributed by atoms with Crippen LogP contribution < -0.4 is 21.3 Å². The molecule has 2 heterocycles. The number of aromatic nitrogens is 4. The molecule has 1 unspecified atom stereocenters. The van der Waals surface area contributed by atoms with Gasteiger partial charge in [-0.05, 0) is 17.5 Å². The second-order valence-corrected chi connectivity index (χ2v) is 8.49. The molecule has 10 heteroatoms. The first-order valence-corrected chi connectivity index (χ1v) is 9.78. The topological polar surface area (TPSA) is 100 Å². The minimum atomic E-state index is -0.638. The predicted molar refractivity (Wildman–Crippen MR) is 113 cm³/mol. The average Bonchev–Trinajstić information content (AvgIpc) is 3.09. The molecule has 0 spiro atoms. The summed E-state index contributed by atoms with van der Waals surface area (Å²) in [4.78, 5) is 42.2. The van der Waals surface area contributed by atoms with Crippen LogP contribution in [0.15, 0.2) is 40.2 Å².